The summed E-state index contributed by atoms with van der Waals surface area (Å²) in [6, 6.07) is 10.2. The van der Waals surface area contributed by atoms with Crippen LogP contribution in [-0.2, 0) is 0 Å². The third kappa shape index (κ3) is 9.64. The third-order valence-corrected chi connectivity index (χ3v) is 3.43. The maximum Gasteiger partial charge on any atom is 0.0580 e. The minimum Gasteiger partial charge on any atom is -0.306 e. The van der Waals surface area contributed by atoms with Gasteiger partial charge in [-0.05, 0) is 25.1 Å². The summed E-state index contributed by atoms with van der Waals surface area (Å²) in [6.45, 7) is 4.16. The number of hydrogen-bond donors (Lipinski definition) is 1. The van der Waals surface area contributed by atoms with Gasteiger partial charge >= 0.3 is 0 Å². The van der Waals surface area contributed by atoms with E-state index in [0.717, 1.165) is 18.7 Å². The van der Waals surface area contributed by atoms with Crippen molar-refractivity contribution in [1.29, 1.82) is 0 Å². The van der Waals surface area contributed by atoms with Crippen LogP contribution in [0.1, 0.15) is 63.9 Å². The molecular formula is C19H29N. The molecule has 0 radical (unpaired) electrons. The first kappa shape index (κ1) is 16.8. The fourth-order valence-electron chi connectivity index (χ4n) is 2.20. The second kappa shape index (κ2) is 12.8. The van der Waals surface area contributed by atoms with Crippen LogP contribution in [0.3, 0.4) is 0 Å². The molecule has 1 N–H and O–H groups in total. The average molecular weight is 271 g/mol. The summed E-state index contributed by atoms with van der Waals surface area (Å²) < 4.78 is 0. The number of hydrogen-bond acceptors (Lipinski definition) is 1. The highest BCUT2D eigenvalue weighted by Crippen LogP contribution is 2.07. The van der Waals surface area contributed by atoms with E-state index in [2.05, 4.69) is 24.1 Å². The van der Waals surface area contributed by atoms with Crippen molar-refractivity contribution in [3.8, 4) is 11.8 Å². The summed E-state index contributed by atoms with van der Waals surface area (Å²) in [5.74, 6) is 6.33. The van der Waals surface area contributed by atoms with Crippen molar-refractivity contribution in [2.24, 2.45) is 0 Å². The Morgan fingerprint density at radius 2 is 1.50 bits per heavy atom. The molecule has 0 aliphatic carbocycles. The zero-order valence-electron chi connectivity index (χ0n) is 13.0. The van der Waals surface area contributed by atoms with E-state index in [4.69, 9.17) is 0 Å². The molecule has 1 aromatic carbocycles. The van der Waals surface area contributed by atoms with Gasteiger partial charge in [-0.2, -0.15) is 0 Å². The van der Waals surface area contributed by atoms with E-state index in [-0.39, 0.29) is 0 Å². The van der Waals surface area contributed by atoms with Crippen molar-refractivity contribution in [1.82, 2.24) is 5.32 Å². The molecule has 0 fully saturated rings. The zero-order chi connectivity index (χ0) is 14.3. The minimum atomic E-state index is 0.797. The molecule has 0 amide bonds. The van der Waals surface area contributed by atoms with Crippen LogP contribution in [0.15, 0.2) is 30.3 Å². The van der Waals surface area contributed by atoms with E-state index in [9.17, 15) is 0 Å². The molecule has 0 atom stereocenters. The van der Waals surface area contributed by atoms with Crippen LogP contribution in [0.4, 0.5) is 0 Å². The molecule has 0 spiro atoms. The molecule has 110 valence electrons. The van der Waals surface area contributed by atoms with Crippen molar-refractivity contribution < 1.29 is 0 Å². The first-order valence-electron chi connectivity index (χ1n) is 8.18. The summed E-state index contributed by atoms with van der Waals surface area (Å²) in [6.07, 6.45) is 11.0. The Bertz CT molecular complexity index is 372. The third-order valence-electron chi connectivity index (χ3n) is 3.43. The Morgan fingerprint density at radius 3 is 2.20 bits per heavy atom. The molecule has 1 nitrogen and oxygen atoms in total. The van der Waals surface area contributed by atoms with E-state index < -0.39 is 0 Å². The Morgan fingerprint density at radius 1 is 0.850 bits per heavy atom. The van der Waals surface area contributed by atoms with Gasteiger partial charge in [0.15, 0.2) is 0 Å². The van der Waals surface area contributed by atoms with Crippen LogP contribution in [0.25, 0.3) is 0 Å². The van der Waals surface area contributed by atoms with Crippen molar-refractivity contribution in [2.75, 3.05) is 13.1 Å². The lowest BCUT2D eigenvalue weighted by molar-refractivity contribution is 0.564. The molecular weight excluding hydrogens is 242 g/mol. The molecule has 1 rings (SSSR count). The number of benzene rings is 1. The van der Waals surface area contributed by atoms with Gasteiger partial charge in [0.05, 0.1) is 6.54 Å². The van der Waals surface area contributed by atoms with Gasteiger partial charge in [-0.1, -0.05) is 81.9 Å². The highest BCUT2D eigenvalue weighted by Gasteiger charge is 1.91. The highest BCUT2D eigenvalue weighted by molar-refractivity contribution is 5.33. The lowest BCUT2D eigenvalue weighted by atomic mass is 10.1. The predicted octanol–water partition coefficient (Wildman–Crippen LogP) is 4.77. The minimum absolute atomic E-state index is 0.797. The Balaban J connectivity index is 1.87. The fraction of sp³-hybridized carbons (Fsp3) is 0.579. The largest absolute Gasteiger partial charge is 0.306 e. The normalized spacial score (nSPS) is 10.1. The second-order valence-electron chi connectivity index (χ2n) is 5.32. The van der Waals surface area contributed by atoms with Gasteiger partial charge in [-0.3, -0.25) is 0 Å². The van der Waals surface area contributed by atoms with Gasteiger partial charge < -0.3 is 5.32 Å². The molecule has 1 heteroatoms. The summed E-state index contributed by atoms with van der Waals surface area (Å²) in [5, 5.41) is 3.39. The molecule has 0 heterocycles. The number of nitrogens with one attached hydrogen (secondary N) is 1. The molecule has 0 unspecified atom stereocenters. The highest BCUT2D eigenvalue weighted by atomic mass is 14.8. The fourth-order valence-corrected chi connectivity index (χ4v) is 2.20. The second-order valence-corrected chi connectivity index (χ2v) is 5.32. The first-order valence-corrected chi connectivity index (χ1v) is 8.18. The van der Waals surface area contributed by atoms with Crippen LogP contribution in [-0.4, -0.2) is 13.1 Å². The standard InChI is InChI=1S/C19H29N/c1-2-3-4-5-6-7-8-12-17-20-18-13-16-19-14-10-9-11-15-19/h9-11,14-15,20H,2-8,12,17-18H2,1H3. The van der Waals surface area contributed by atoms with Crippen molar-refractivity contribution in [2.45, 2.75) is 58.3 Å². The van der Waals surface area contributed by atoms with Crippen molar-refractivity contribution in [3.05, 3.63) is 35.9 Å². The summed E-state index contributed by atoms with van der Waals surface area (Å²) in [5.41, 5.74) is 1.10. The van der Waals surface area contributed by atoms with E-state index in [1.54, 1.807) is 0 Å². The lowest BCUT2D eigenvalue weighted by Crippen LogP contribution is -2.15. The van der Waals surface area contributed by atoms with Crippen LogP contribution in [0.2, 0.25) is 0 Å². The molecule has 0 aliphatic heterocycles. The SMILES string of the molecule is CCCCCCCCCCNCC#Cc1ccccc1. The maximum absolute atomic E-state index is 3.39. The summed E-state index contributed by atoms with van der Waals surface area (Å²) in [7, 11) is 0. The molecule has 1 aromatic rings. The monoisotopic (exact) mass is 271 g/mol. The van der Waals surface area contributed by atoms with E-state index in [1.165, 1.54) is 51.4 Å². The summed E-state index contributed by atoms with van der Waals surface area (Å²) >= 11 is 0. The molecule has 0 saturated heterocycles. The van der Waals surface area contributed by atoms with Crippen LogP contribution in [0, 0.1) is 11.8 Å². The maximum atomic E-state index is 3.39. The van der Waals surface area contributed by atoms with Gasteiger partial charge in [-0.25, -0.2) is 0 Å². The number of rotatable bonds is 10. The van der Waals surface area contributed by atoms with E-state index >= 15 is 0 Å². The smallest absolute Gasteiger partial charge is 0.0580 e. The Kier molecular flexibility index (Phi) is 10.7. The van der Waals surface area contributed by atoms with E-state index in [1.807, 2.05) is 30.3 Å². The van der Waals surface area contributed by atoms with Gasteiger partial charge in [-0.15, -0.1) is 0 Å². The topological polar surface area (TPSA) is 12.0 Å². The average Bonchev–Trinajstić information content (AvgIpc) is 2.49. The van der Waals surface area contributed by atoms with Gasteiger partial charge in [0.2, 0.25) is 0 Å². The van der Waals surface area contributed by atoms with Crippen LogP contribution < -0.4 is 5.32 Å². The van der Waals surface area contributed by atoms with Gasteiger partial charge in [0, 0.05) is 5.56 Å². The van der Waals surface area contributed by atoms with Crippen molar-refractivity contribution >= 4 is 0 Å². The molecule has 0 bridgehead atoms. The van der Waals surface area contributed by atoms with Gasteiger partial charge in [0.25, 0.3) is 0 Å². The predicted molar refractivity (Wildman–Crippen MR) is 88.8 cm³/mol. The molecule has 0 aromatic heterocycles. The number of unbranched alkanes of at least 4 members (excludes halogenated alkanes) is 7. The molecule has 20 heavy (non-hydrogen) atoms. The van der Waals surface area contributed by atoms with Crippen molar-refractivity contribution in [3.63, 3.8) is 0 Å². The lowest BCUT2D eigenvalue weighted by Gasteiger charge is -2.02. The van der Waals surface area contributed by atoms with Crippen LogP contribution in [0.5, 0.6) is 0 Å². The first-order chi connectivity index (χ1) is 9.93. The summed E-state index contributed by atoms with van der Waals surface area (Å²) in [4.78, 5) is 0. The Labute approximate surface area is 125 Å². The quantitative estimate of drug-likeness (QED) is 0.477. The molecule has 0 saturated carbocycles. The zero-order valence-corrected chi connectivity index (χ0v) is 13.0. The van der Waals surface area contributed by atoms with Crippen LogP contribution >= 0.6 is 0 Å². The molecule has 0 aliphatic rings. The van der Waals surface area contributed by atoms with Gasteiger partial charge in [0.1, 0.15) is 0 Å². The Hall–Kier alpha value is -1.26. The van der Waals surface area contributed by atoms with E-state index in [0.29, 0.717) is 0 Å².